The van der Waals surface area contributed by atoms with Gasteiger partial charge in [-0.05, 0) is 57.0 Å². The molecule has 2 aromatic carbocycles. The summed E-state index contributed by atoms with van der Waals surface area (Å²) >= 11 is 0. The predicted molar refractivity (Wildman–Crippen MR) is 95.5 cm³/mol. The molecule has 0 spiro atoms. The van der Waals surface area contributed by atoms with Gasteiger partial charge in [0.05, 0.1) is 0 Å². The normalized spacial score (nSPS) is 10.6. The Morgan fingerprint density at radius 2 is 1.57 bits per heavy atom. The lowest BCUT2D eigenvalue weighted by molar-refractivity contribution is 0.0644. The summed E-state index contributed by atoms with van der Waals surface area (Å²) < 4.78 is 13.5. The molecule has 2 rings (SSSR count). The third kappa shape index (κ3) is 4.32. The third-order valence-electron chi connectivity index (χ3n) is 3.64. The topological polar surface area (TPSA) is 20.3 Å². The first kappa shape index (κ1) is 19.2. The maximum Gasteiger partial charge on any atom is 0.254 e. The van der Waals surface area contributed by atoms with E-state index in [0.29, 0.717) is 5.56 Å². The van der Waals surface area contributed by atoms with Crippen LogP contribution in [0.25, 0.3) is 11.1 Å². The Kier molecular flexibility index (Phi) is 6.77. The molecule has 2 nitrogen and oxygen atoms in total. The van der Waals surface area contributed by atoms with Crippen molar-refractivity contribution in [3.05, 3.63) is 59.9 Å². The van der Waals surface area contributed by atoms with Crippen LogP contribution in [0.15, 0.2) is 48.5 Å². The van der Waals surface area contributed by atoms with Gasteiger partial charge >= 0.3 is 0 Å². The average Bonchev–Trinajstić information content (AvgIpc) is 2.46. The fourth-order valence-electron chi connectivity index (χ4n) is 2.78. The van der Waals surface area contributed by atoms with E-state index in [1.165, 1.54) is 12.1 Å². The molecule has 0 atom stereocenters. The summed E-state index contributed by atoms with van der Waals surface area (Å²) in [6.45, 7) is 8.01. The van der Waals surface area contributed by atoms with Gasteiger partial charge in [0.2, 0.25) is 0 Å². The van der Waals surface area contributed by atoms with Crippen molar-refractivity contribution >= 4 is 18.3 Å². The van der Waals surface area contributed by atoms with Crippen LogP contribution in [0, 0.1) is 5.82 Å². The molecule has 0 saturated heterocycles. The minimum absolute atomic E-state index is 0. The molecule has 0 heterocycles. The third-order valence-corrected chi connectivity index (χ3v) is 3.64. The fourth-order valence-corrected chi connectivity index (χ4v) is 2.78. The highest BCUT2D eigenvalue weighted by Crippen LogP contribution is 2.26. The fraction of sp³-hybridized carbons (Fsp3) is 0.316. The molecule has 0 aromatic heterocycles. The van der Waals surface area contributed by atoms with Crippen molar-refractivity contribution in [2.45, 2.75) is 39.8 Å². The second-order valence-corrected chi connectivity index (χ2v) is 5.96. The first-order valence-corrected chi connectivity index (χ1v) is 7.59. The zero-order valence-corrected chi connectivity index (χ0v) is 14.7. The highest BCUT2D eigenvalue weighted by Gasteiger charge is 2.23. The van der Waals surface area contributed by atoms with Gasteiger partial charge < -0.3 is 4.90 Å². The summed E-state index contributed by atoms with van der Waals surface area (Å²) in [6.07, 6.45) is 0. The van der Waals surface area contributed by atoms with Crippen molar-refractivity contribution in [3.63, 3.8) is 0 Å². The number of carbonyl (C=O) groups is 1. The summed E-state index contributed by atoms with van der Waals surface area (Å²) in [5, 5.41) is 0. The van der Waals surface area contributed by atoms with E-state index in [-0.39, 0.29) is 36.2 Å². The summed E-state index contributed by atoms with van der Waals surface area (Å²) in [5.74, 6) is -0.325. The Labute approximate surface area is 143 Å². The van der Waals surface area contributed by atoms with Crippen LogP contribution in [0.5, 0.6) is 0 Å². The highest BCUT2D eigenvalue weighted by atomic mass is 35.5. The lowest BCUT2D eigenvalue weighted by atomic mass is 9.98. The van der Waals surface area contributed by atoms with Crippen LogP contribution in [0.1, 0.15) is 38.1 Å². The van der Waals surface area contributed by atoms with E-state index >= 15 is 0 Å². The maximum atomic E-state index is 13.5. The first-order chi connectivity index (χ1) is 10.4. The zero-order chi connectivity index (χ0) is 16.3. The number of hydrogen-bond donors (Lipinski definition) is 0. The van der Waals surface area contributed by atoms with Gasteiger partial charge in [-0.3, -0.25) is 4.79 Å². The average molecular weight is 336 g/mol. The minimum atomic E-state index is -0.302. The van der Waals surface area contributed by atoms with Gasteiger partial charge in [0.1, 0.15) is 5.82 Å². The van der Waals surface area contributed by atoms with Gasteiger partial charge in [0.25, 0.3) is 5.91 Å². The molecule has 0 fully saturated rings. The number of hydrogen-bond acceptors (Lipinski definition) is 1. The largest absolute Gasteiger partial charge is 0.334 e. The first-order valence-electron chi connectivity index (χ1n) is 7.59. The minimum Gasteiger partial charge on any atom is -0.334 e. The van der Waals surface area contributed by atoms with E-state index in [1.54, 1.807) is 12.1 Å². The highest BCUT2D eigenvalue weighted by molar-refractivity contribution is 6.01. The number of carbonyl (C=O) groups excluding carboxylic acids is 1. The lowest BCUT2D eigenvalue weighted by Gasteiger charge is -2.31. The quantitative estimate of drug-likeness (QED) is 0.754. The molecule has 0 aliphatic rings. The monoisotopic (exact) mass is 335 g/mol. The number of rotatable bonds is 4. The van der Waals surface area contributed by atoms with Gasteiger partial charge in [-0.15, -0.1) is 12.4 Å². The Morgan fingerprint density at radius 1 is 0.957 bits per heavy atom. The molecular formula is C19H23ClFNO. The molecule has 0 aliphatic heterocycles. The van der Waals surface area contributed by atoms with Crippen molar-refractivity contribution in [2.24, 2.45) is 0 Å². The summed E-state index contributed by atoms with van der Waals surface area (Å²) in [5.41, 5.74) is 2.09. The van der Waals surface area contributed by atoms with Crippen molar-refractivity contribution in [1.29, 1.82) is 0 Å². The molecule has 0 aliphatic carbocycles. The number of halogens is 2. The molecule has 1 amide bonds. The van der Waals surface area contributed by atoms with E-state index in [2.05, 4.69) is 0 Å². The van der Waals surface area contributed by atoms with Gasteiger partial charge in [0.15, 0.2) is 0 Å². The van der Waals surface area contributed by atoms with Gasteiger partial charge in [-0.25, -0.2) is 4.39 Å². The van der Waals surface area contributed by atoms with Gasteiger partial charge in [0, 0.05) is 17.6 Å². The molecule has 2 aromatic rings. The van der Waals surface area contributed by atoms with Gasteiger partial charge in [-0.1, -0.05) is 30.3 Å². The number of nitrogens with zero attached hydrogens (tertiary/aromatic N) is 1. The Balaban J connectivity index is 0.00000264. The molecule has 0 saturated carbocycles. The molecule has 4 heteroatoms. The molecule has 0 radical (unpaired) electrons. The summed E-state index contributed by atoms with van der Waals surface area (Å²) in [6, 6.07) is 13.9. The van der Waals surface area contributed by atoms with Gasteiger partial charge in [-0.2, -0.15) is 0 Å². The molecular weight excluding hydrogens is 313 g/mol. The number of benzene rings is 2. The standard InChI is InChI=1S/C19H22FNO.ClH/c1-13(2)21(14(3)4)19(22)18-11-6-5-10-17(18)15-8-7-9-16(20)12-15;/h5-14H,1-4H3;1H. The van der Waals surface area contributed by atoms with Crippen LogP contribution in [0.4, 0.5) is 4.39 Å². The summed E-state index contributed by atoms with van der Waals surface area (Å²) in [7, 11) is 0. The van der Waals surface area contributed by atoms with Crippen molar-refractivity contribution in [2.75, 3.05) is 0 Å². The van der Waals surface area contributed by atoms with Crippen LogP contribution in [0.2, 0.25) is 0 Å². The van der Waals surface area contributed by atoms with Crippen LogP contribution < -0.4 is 0 Å². The molecule has 0 unspecified atom stereocenters. The SMILES string of the molecule is CC(C)N(C(=O)c1ccccc1-c1cccc(F)c1)C(C)C.Cl. The van der Waals surface area contributed by atoms with Crippen molar-refractivity contribution < 1.29 is 9.18 Å². The van der Waals surface area contributed by atoms with Crippen LogP contribution in [-0.4, -0.2) is 22.9 Å². The van der Waals surface area contributed by atoms with E-state index in [0.717, 1.165) is 11.1 Å². The van der Waals surface area contributed by atoms with E-state index in [4.69, 9.17) is 0 Å². The summed E-state index contributed by atoms with van der Waals surface area (Å²) in [4.78, 5) is 14.8. The van der Waals surface area contributed by atoms with Crippen LogP contribution in [0.3, 0.4) is 0 Å². The molecule has 124 valence electrons. The van der Waals surface area contributed by atoms with E-state index < -0.39 is 0 Å². The molecule has 0 bridgehead atoms. The van der Waals surface area contributed by atoms with E-state index in [1.807, 2.05) is 56.9 Å². The predicted octanol–water partition coefficient (Wildman–Crippen LogP) is 5.17. The van der Waals surface area contributed by atoms with Crippen LogP contribution in [-0.2, 0) is 0 Å². The Morgan fingerprint density at radius 3 is 2.13 bits per heavy atom. The number of amides is 1. The lowest BCUT2D eigenvalue weighted by Crippen LogP contribution is -2.42. The molecule has 0 N–H and O–H groups in total. The Bertz CT molecular complexity index is 662. The maximum absolute atomic E-state index is 13.5. The molecule has 23 heavy (non-hydrogen) atoms. The van der Waals surface area contributed by atoms with E-state index in [9.17, 15) is 9.18 Å². The van der Waals surface area contributed by atoms with Crippen molar-refractivity contribution in [3.8, 4) is 11.1 Å². The second-order valence-electron chi connectivity index (χ2n) is 5.96. The van der Waals surface area contributed by atoms with Crippen molar-refractivity contribution in [1.82, 2.24) is 4.90 Å². The second kappa shape index (κ2) is 8.11. The van der Waals surface area contributed by atoms with Crippen LogP contribution >= 0.6 is 12.4 Å². The smallest absolute Gasteiger partial charge is 0.254 e. The Hall–Kier alpha value is -1.87. The zero-order valence-electron chi connectivity index (χ0n) is 13.9.